The molecule has 4 nitrogen and oxygen atoms in total. The number of nitrogens with one attached hydrogen (secondary N) is 2. The summed E-state index contributed by atoms with van der Waals surface area (Å²) in [6, 6.07) is 13.0. The molecule has 4 aromatic rings. The Morgan fingerprint density at radius 2 is 2.00 bits per heavy atom. The number of rotatable bonds is 4. The quantitative estimate of drug-likeness (QED) is 0.570. The third-order valence-corrected chi connectivity index (χ3v) is 4.30. The van der Waals surface area contributed by atoms with Gasteiger partial charge in [0.15, 0.2) is 0 Å². The largest absolute Gasteiger partial charge is 0.365 e. The van der Waals surface area contributed by atoms with Crippen LogP contribution < -0.4 is 5.32 Å². The number of H-pyrrole nitrogens is 1. The molecule has 0 amide bonds. The van der Waals surface area contributed by atoms with Gasteiger partial charge >= 0.3 is 0 Å². The molecule has 124 valence electrons. The van der Waals surface area contributed by atoms with Crippen LogP contribution in [-0.4, -0.2) is 15.0 Å². The van der Waals surface area contributed by atoms with Gasteiger partial charge in [-0.1, -0.05) is 18.2 Å². The van der Waals surface area contributed by atoms with E-state index in [1.54, 1.807) is 30.7 Å². The van der Waals surface area contributed by atoms with E-state index in [2.05, 4.69) is 26.3 Å². The van der Waals surface area contributed by atoms with Crippen LogP contribution in [-0.2, 0) is 6.54 Å². The molecule has 5 heteroatoms. The predicted molar refractivity (Wildman–Crippen MR) is 97.8 cm³/mol. The highest BCUT2D eigenvalue weighted by Gasteiger charge is 2.13. The van der Waals surface area contributed by atoms with Crippen LogP contribution in [0.5, 0.6) is 0 Å². The zero-order valence-electron chi connectivity index (χ0n) is 13.8. The van der Waals surface area contributed by atoms with E-state index < -0.39 is 0 Å². The maximum Gasteiger partial charge on any atom is 0.144 e. The summed E-state index contributed by atoms with van der Waals surface area (Å²) in [4.78, 5) is 11.6. The summed E-state index contributed by atoms with van der Waals surface area (Å²) in [5, 5.41) is 4.34. The maximum atomic E-state index is 14.1. The lowest BCUT2D eigenvalue weighted by atomic mass is 10.0. The van der Waals surface area contributed by atoms with Crippen LogP contribution in [0.3, 0.4) is 0 Å². The number of aromatic nitrogens is 3. The van der Waals surface area contributed by atoms with Gasteiger partial charge in [-0.25, -0.2) is 9.37 Å². The second-order valence-corrected chi connectivity index (χ2v) is 5.93. The monoisotopic (exact) mass is 332 g/mol. The molecule has 4 rings (SSSR count). The first kappa shape index (κ1) is 15.3. The maximum absolute atomic E-state index is 14.1. The fourth-order valence-electron chi connectivity index (χ4n) is 3.00. The van der Waals surface area contributed by atoms with Crippen molar-refractivity contribution < 1.29 is 4.39 Å². The van der Waals surface area contributed by atoms with Crippen molar-refractivity contribution in [2.45, 2.75) is 13.5 Å². The van der Waals surface area contributed by atoms with Gasteiger partial charge in [-0.2, -0.15) is 0 Å². The van der Waals surface area contributed by atoms with E-state index in [1.165, 1.54) is 6.07 Å². The molecule has 0 bridgehead atoms. The topological polar surface area (TPSA) is 53.6 Å². The highest BCUT2D eigenvalue weighted by molar-refractivity contribution is 5.91. The van der Waals surface area contributed by atoms with Crippen LogP contribution in [0.25, 0.3) is 22.2 Å². The van der Waals surface area contributed by atoms with Crippen molar-refractivity contribution >= 4 is 16.7 Å². The molecule has 0 atom stereocenters. The van der Waals surface area contributed by atoms with Gasteiger partial charge in [-0.05, 0) is 42.3 Å². The van der Waals surface area contributed by atoms with Crippen molar-refractivity contribution in [3.8, 4) is 11.3 Å². The summed E-state index contributed by atoms with van der Waals surface area (Å²) in [6.07, 6.45) is 4.99. The first-order chi connectivity index (χ1) is 12.2. The predicted octanol–water partition coefficient (Wildman–Crippen LogP) is 4.68. The van der Waals surface area contributed by atoms with E-state index in [1.807, 2.05) is 25.1 Å². The van der Waals surface area contributed by atoms with Gasteiger partial charge in [0.1, 0.15) is 11.6 Å². The van der Waals surface area contributed by atoms with Crippen molar-refractivity contribution in [3.63, 3.8) is 0 Å². The summed E-state index contributed by atoms with van der Waals surface area (Å²) in [5.74, 6) is 0.516. The standard InChI is InChI=1S/C20H17FN4/c1-13-16-10-14(11-24-19-12-22-8-9-23-19)6-7-18(16)25-20(13)15-4-2-3-5-17(15)21/h2-10,12,25H,11H2,1H3,(H,23,24). The third-order valence-electron chi connectivity index (χ3n) is 4.30. The Morgan fingerprint density at radius 3 is 2.80 bits per heavy atom. The Hall–Kier alpha value is -3.21. The van der Waals surface area contributed by atoms with Crippen molar-refractivity contribution in [1.29, 1.82) is 0 Å². The Balaban J connectivity index is 1.67. The minimum absolute atomic E-state index is 0.221. The molecule has 2 aromatic carbocycles. The SMILES string of the molecule is Cc1c(-c2ccccc2F)[nH]c2ccc(CNc3cnccn3)cc12. The fourth-order valence-corrected chi connectivity index (χ4v) is 3.00. The van der Waals surface area contributed by atoms with E-state index in [9.17, 15) is 4.39 Å². The second kappa shape index (κ2) is 6.36. The van der Waals surface area contributed by atoms with Crippen molar-refractivity contribution in [1.82, 2.24) is 15.0 Å². The molecule has 0 aliphatic heterocycles. The number of aromatic amines is 1. The van der Waals surface area contributed by atoms with Crippen LogP contribution in [0, 0.1) is 12.7 Å². The van der Waals surface area contributed by atoms with Crippen LogP contribution in [0.2, 0.25) is 0 Å². The van der Waals surface area contributed by atoms with Crippen molar-refractivity contribution in [2.75, 3.05) is 5.32 Å². The molecule has 0 unspecified atom stereocenters. The number of fused-ring (bicyclic) bond motifs is 1. The number of nitrogens with zero attached hydrogens (tertiary/aromatic N) is 2. The summed E-state index contributed by atoms with van der Waals surface area (Å²) in [7, 11) is 0. The zero-order valence-corrected chi connectivity index (χ0v) is 13.8. The van der Waals surface area contributed by atoms with Gasteiger partial charge in [-0.3, -0.25) is 4.98 Å². The van der Waals surface area contributed by atoms with Gasteiger partial charge in [0, 0.05) is 35.4 Å². The molecule has 2 heterocycles. The van der Waals surface area contributed by atoms with Crippen LogP contribution in [0.15, 0.2) is 61.1 Å². The Labute approximate surface area is 144 Å². The van der Waals surface area contributed by atoms with Crippen molar-refractivity contribution in [3.05, 3.63) is 78.0 Å². The highest BCUT2D eigenvalue weighted by atomic mass is 19.1. The van der Waals surface area contributed by atoms with Gasteiger partial charge in [-0.15, -0.1) is 0 Å². The molecular weight excluding hydrogens is 315 g/mol. The Morgan fingerprint density at radius 1 is 1.12 bits per heavy atom. The summed E-state index contributed by atoms with van der Waals surface area (Å²) >= 11 is 0. The molecule has 25 heavy (non-hydrogen) atoms. The molecule has 0 fully saturated rings. The summed E-state index contributed by atoms with van der Waals surface area (Å²) < 4.78 is 14.1. The number of hydrogen-bond donors (Lipinski definition) is 2. The Kier molecular flexibility index (Phi) is 3.90. The summed E-state index contributed by atoms with van der Waals surface area (Å²) in [5.41, 5.74) is 4.59. The average molecular weight is 332 g/mol. The second-order valence-electron chi connectivity index (χ2n) is 5.93. The molecule has 2 aromatic heterocycles. The normalized spacial score (nSPS) is 11.0. The van der Waals surface area contributed by atoms with E-state index in [0.29, 0.717) is 12.1 Å². The van der Waals surface area contributed by atoms with Crippen LogP contribution in [0.1, 0.15) is 11.1 Å². The number of aryl methyl sites for hydroxylation is 1. The fraction of sp³-hybridized carbons (Fsp3) is 0.100. The minimum Gasteiger partial charge on any atom is -0.365 e. The number of benzene rings is 2. The van der Waals surface area contributed by atoms with Gasteiger partial charge in [0.25, 0.3) is 0 Å². The molecule has 0 radical (unpaired) electrons. The van der Waals surface area contributed by atoms with Crippen LogP contribution >= 0.6 is 0 Å². The van der Waals surface area contributed by atoms with Gasteiger partial charge in [0.05, 0.1) is 11.9 Å². The molecule has 2 N–H and O–H groups in total. The van der Waals surface area contributed by atoms with E-state index >= 15 is 0 Å². The molecule has 0 aliphatic carbocycles. The number of hydrogen-bond acceptors (Lipinski definition) is 3. The van der Waals surface area contributed by atoms with E-state index in [-0.39, 0.29) is 5.82 Å². The molecule has 0 spiro atoms. The third kappa shape index (κ3) is 2.96. The van der Waals surface area contributed by atoms with Crippen LogP contribution in [0.4, 0.5) is 10.2 Å². The first-order valence-electron chi connectivity index (χ1n) is 8.08. The lowest BCUT2D eigenvalue weighted by molar-refractivity contribution is 0.631. The summed E-state index contributed by atoms with van der Waals surface area (Å²) in [6.45, 7) is 2.66. The highest BCUT2D eigenvalue weighted by Crippen LogP contribution is 2.31. The minimum atomic E-state index is -0.221. The molecule has 0 saturated carbocycles. The molecule has 0 saturated heterocycles. The molecular formula is C20H17FN4. The molecule has 0 aliphatic rings. The van der Waals surface area contributed by atoms with E-state index in [4.69, 9.17) is 0 Å². The zero-order chi connectivity index (χ0) is 17.2. The number of anilines is 1. The smallest absolute Gasteiger partial charge is 0.144 e. The first-order valence-corrected chi connectivity index (χ1v) is 8.08. The lowest BCUT2D eigenvalue weighted by Crippen LogP contribution is -2.01. The van der Waals surface area contributed by atoms with Gasteiger partial charge < -0.3 is 10.3 Å². The Bertz CT molecular complexity index is 1020. The number of halogens is 1. The average Bonchev–Trinajstić information content (AvgIpc) is 2.97. The lowest BCUT2D eigenvalue weighted by Gasteiger charge is -2.05. The van der Waals surface area contributed by atoms with Gasteiger partial charge in [0.2, 0.25) is 0 Å². The van der Waals surface area contributed by atoms with E-state index in [0.717, 1.165) is 33.5 Å². The van der Waals surface area contributed by atoms with Crippen molar-refractivity contribution in [2.24, 2.45) is 0 Å².